The van der Waals surface area contributed by atoms with Gasteiger partial charge < -0.3 is 9.84 Å². The van der Waals surface area contributed by atoms with E-state index in [1.807, 2.05) is 0 Å². The number of nitrogens with zero attached hydrogens (tertiary/aromatic N) is 2. The van der Waals surface area contributed by atoms with Crippen LogP contribution in [-0.2, 0) is 10.9 Å². The number of carboxylic acids is 1. The average Bonchev–Trinajstić information content (AvgIpc) is 3.21. The van der Waals surface area contributed by atoms with E-state index in [9.17, 15) is 37.1 Å². The number of alkyl halides is 3. The summed E-state index contributed by atoms with van der Waals surface area (Å²) < 4.78 is 60.1. The molecule has 0 aliphatic rings. The van der Waals surface area contributed by atoms with E-state index in [0.29, 0.717) is 10.7 Å². The molecule has 8 nitrogen and oxygen atoms in total. The lowest BCUT2D eigenvalue weighted by Gasteiger charge is -2.13. The third-order valence-electron chi connectivity index (χ3n) is 5.31. The summed E-state index contributed by atoms with van der Waals surface area (Å²) in [7, 11) is 1.11. The van der Waals surface area contributed by atoms with Crippen LogP contribution in [0.2, 0.25) is 5.02 Å². The van der Waals surface area contributed by atoms with Crippen LogP contribution in [0.3, 0.4) is 0 Å². The van der Waals surface area contributed by atoms with Gasteiger partial charge in [0.2, 0.25) is 0 Å². The molecule has 0 atom stereocenters. The molecule has 0 fully saturated rings. The Labute approximate surface area is 210 Å². The Balaban J connectivity index is 2.03. The molecule has 0 saturated carbocycles. The minimum atomic E-state index is -4.94. The second-order valence-electron chi connectivity index (χ2n) is 7.57. The number of benzene rings is 3. The van der Waals surface area contributed by atoms with E-state index in [4.69, 9.17) is 11.6 Å². The summed E-state index contributed by atoms with van der Waals surface area (Å²) in [5, 5.41) is 15.7. The van der Waals surface area contributed by atoms with E-state index >= 15 is 0 Å². The zero-order valence-electron chi connectivity index (χ0n) is 18.6. The van der Waals surface area contributed by atoms with Gasteiger partial charge in [0.05, 0.1) is 34.3 Å². The monoisotopic (exact) mass is 535 g/mol. The van der Waals surface area contributed by atoms with E-state index in [0.717, 1.165) is 37.4 Å². The number of carboxylic acid groups (broad SMARTS) is 1. The fourth-order valence-corrected chi connectivity index (χ4v) is 3.95. The molecule has 0 aliphatic heterocycles. The Morgan fingerprint density at radius 2 is 1.81 bits per heavy atom. The predicted octanol–water partition coefficient (Wildman–Crippen LogP) is 6.08. The molecule has 1 aromatic heterocycles. The van der Waals surface area contributed by atoms with Gasteiger partial charge in [-0.15, -0.1) is 0 Å². The first-order chi connectivity index (χ1) is 17.4. The number of fused-ring (bicyclic) bond motifs is 1. The van der Waals surface area contributed by atoms with Crippen LogP contribution in [0, 0.1) is 5.82 Å². The number of hydrogen-bond donors (Lipinski definition) is 2. The molecule has 0 aliphatic carbocycles. The van der Waals surface area contributed by atoms with Crippen LogP contribution < -0.4 is 5.32 Å². The minimum absolute atomic E-state index is 0.0904. The molecule has 0 radical (unpaired) electrons. The number of anilines is 1. The zero-order valence-corrected chi connectivity index (χ0v) is 19.3. The van der Waals surface area contributed by atoms with Gasteiger partial charge in [-0.25, -0.2) is 14.0 Å². The van der Waals surface area contributed by atoms with Crippen molar-refractivity contribution in [3.63, 3.8) is 0 Å². The molecule has 0 bridgehead atoms. The van der Waals surface area contributed by atoms with Crippen molar-refractivity contribution in [3.05, 3.63) is 82.1 Å². The molecule has 0 unspecified atom stereocenters. The summed E-state index contributed by atoms with van der Waals surface area (Å²) in [6.45, 7) is 0. The van der Waals surface area contributed by atoms with E-state index < -0.39 is 51.7 Å². The van der Waals surface area contributed by atoms with E-state index in [2.05, 4.69) is 15.2 Å². The van der Waals surface area contributed by atoms with E-state index in [1.165, 1.54) is 18.2 Å². The summed E-state index contributed by atoms with van der Waals surface area (Å²) >= 11 is 6.00. The number of carbonyl (C=O) groups excluding carboxylic acids is 2. The van der Waals surface area contributed by atoms with Gasteiger partial charge in [-0.1, -0.05) is 17.7 Å². The largest absolute Gasteiger partial charge is 0.478 e. The number of hydrogen-bond acceptors (Lipinski definition) is 5. The van der Waals surface area contributed by atoms with Gasteiger partial charge in [0, 0.05) is 16.6 Å². The molecule has 4 rings (SSSR count). The van der Waals surface area contributed by atoms with E-state index in [-0.39, 0.29) is 27.8 Å². The Hall–Kier alpha value is -4.45. The van der Waals surface area contributed by atoms with Crippen molar-refractivity contribution in [1.82, 2.24) is 9.78 Å². The highest BCUT2D eigenvalue weighted by Gasteiger charge is 2.37. The summed E-state index contributed by atoms with van der Waals surface area (Å²) in [6, 6.07) is 9.61. The standard InChI is InChI=1S/C24H14ClF4N3O5/c1-37-23(36)30-12-6-8-14-18(10-12)32(21(33)19-16(24(27,28)29)3-2-4-17(19)25)31-20(14)13-7-5-11(26)9-15(13)22(34)35/h2-10H,1H3,(H,30,36)(H,34,35). The maximum atomic E-state index is 13.8. The van der Waals surface area contributed by atoms with Crippen LogP contribution in [0.15, 0.2) is 54.6 Å². The normalized spacial score (nSPS) is 11.4. The maximum Gasteiger partial charge on any atom is 0.417 e. The Morgan fingerprint density at radius 1 is 1.08 bits per heavy atom. The van der Waals surface area contributed by atoms with Crippen molar-refractivity contribution in [3.8, 4) is 11.3 Å². The van der Waals surface area contributed by atoms with Gasteiger partial charge in [-0.3, -0.25) is 10.1 Å². The zero-order chi connectivity index (χ0) is 27.1. The van der Waals surface area contributed by atoms with Crippen molar-refractivity contribution < 1.29 is 41.8 Å². The second kappa shape index (κ2) is 9.54. The average molecular weight is 536 g/mol. The summed E-state index contributed by atoms with van der Waals surface area (Å²) in [5.41, 5.74) is -2.94. The first-order valence-corrected chi connectivity index (χ1v) is 10.6. The number of rotatable bonds is 4. The number of aromatic nitrogens is 2. The van der Waals surface area contributed by atoms with Crippen molar-refractivity contribution in [2.24, 2.45) is 0 Å². The molecule has 3 aromatic carbocycles. The summed E-state index contributed by atoms with van der Waals surface area (Å²) in [5.74, 6) is -3.63. The number of halogens is 5. The lowest BCUT2D eigenvalue weighted by atomic mass is 10.0. The molecular weight excluding hydrogens is 522 g/mol. The van der Waals surface area contributed by atoms with Crippen LogP contribution in [0.5, 0.6) is 0 Å². The molecule has 37 heavy (non-hydrogen) atoms. The molecule has 1 amide bonds. The molecule has 190 valence electrons. The Kier molecular flexibility index (Phi) is 6.61. The van der Waals surface area contributed by atoms with Crippen molar-refractivity contribution in [1.29, 1.82) is 0 Å². The van der Waals surface area contributed by atoms with Crippen LogP contribution in [0.4, 0.5) is 28.0 Å². The number of nitrogens with one attached hydrogen (secondary N) is 1. The Bertz CT molecular complexity index is 1580. The predicted molar refractivity (Wildman–Crippen MR) is 124 cm³/mol. The number of ether oxygens (including phenoxy) is 1. The van der Waals surface area contributed by atoms with Gasteiger partial charge in [0.25, 0.3) is 5.91 Å². The van der Waals surface area contributed by atoms with Gasteiger partial charge in [0.1, 0.15) is 11.5 Å². The number of carbonyl (C=O) groups is 3. The quantitative estimate of drug-likeness (QED) is 0.306. The lowest BCUT2D eigenvalue weighted by molar-refractivity contribution is -0.137. The smallest absolute Gasteiger partial charge is 0.417 e. The first-order valence-electron chi connectivity index (χ1n) is 10.2. The Morgan fingerprint density at radius 3 is 2.46 bits per heavy atom. The number of amides is 1. The number of methoxy groups -OCH3 is 1. The van der Waals surface area contributed by atoms with Gasteiger partial charge >= 0.3 is 18.2 Å². The van der Waals surface area contributed by atoms with Crippen molar-refractivity contribution >= 4 is 46.2 Å². The molecular formula is C24H14ClF4N3O5. The highest BCUT2D eigenvalue weighted by molar-refractivity contribution is 6.34. The van der Waals surface area contributed by atoms with E-state index in [1.54, 1.807) is 0 Å². The van der Waals surface area contributed by atoms with Crippen molar-refractivity contribution in [2.75, 3.05) is 12.4 Å². The van der Waals surface area contributed by atoms with Crippen LogP contribution >= 0.6 is 11.6 Å². The molecule has 0 saturated heterocycles. The highest BCUT2D eigenvalue weighted by atomic mass is 35.5. The lowest BCUT2D eigenvalue weighted by Crippen LogP contribution is -2.20. The maximum absolute atomic E-state index is 13.8. The van der Waals surface area contributed by atoms with Gasteiger partial charge in [-0.05, 0) is 48.5 Å². The molecule has 2 N–H and O–H groups in total. The first kappa shape index (κ1) is 25.6. The summed E-state index contributed by atoms with van der Waals surface area (Å²) in [6.07, 6.45) is -5.80. The molecule has 13 heteroatoms. The molecule has 0 spiro atoms. The molecule has 4 aromatic rings. The van der Waals surface area contributed by atoms with Crippen LogP contribution in [0.25, 0.3) is 22.2 Å². The second-order valence-corrected chi connectivity index (χ2v) is 7.98. The fraction of sp³-hybridized carbons (Fsp3) is 0.0833. The minimum Gasteiger partial charge on any atom is -0.478 e. The van der Waals surface area contributed by atoms with Gasteiger partial charge in [-0.2, -0.15) is 23.0 Å². The third kappa shape index (κ3) is 4.83. The number of aromatic carboxylic acids is 1. The SMILES string of the molecule is COC(=O)Nc1ccc2c(-c3ccc(F)cc3C(=O)O)nn(C(=O)c3c(Cl)cccc3C(F)(F)F)c2c1. The van der Waals surface area contributed by atoms with Crippen molar-refractivity contribution in [2.45, 2.75) is 6.18 Å². The fourth-order valence-electron chi connectivity index (χ4n) is 3.70. The summed E-state index contributed by atoms with van der Waals surface area (Å²) in [4.78, 5) is 36.9. The van der Waals surface area contributed by atoms with Gasteiger partial charge in [0.15, 0.2) is 0 Å². The third-order valence-corrected chi connectivity index (χ3v) is 5.62. The molecule has 1 heterocycles. The highest BCUT2D eigenvalue weighted by Crippen LogP contribution is 2.37. The van der Waals surface area contributed by atoms with Crippen LogP contribution in [0.1, 0.15) is 26.3 Å². The van der Waals surface area contributed by atoms with Crippen LogP contribution in [-0.4, -0.2) is 40.0 Å². The topological polar surface area (TPSA) is 111 Å².